The first kappa shape index (κ1) is 45.8. The molecule has 77 heavy (non-hydrogen) atoms. The first-order valence-electron chi connectivity index (χ1n) is 26.7. The van der Waals surface area contributed by atoms with Crippen molar-refractivity contribution >= 4 is 39.0 Å². The molecule has 0 N–H and O–H groups in total. The molecular formula is C75H53NO. The largest absolute Gasteiger partial charge is 0.455 e. The first-order chi connectivity index (χ1) is 38.2. The first-order valence-corrected chi connectivity index (χ1v) is 26.7. The van der Waals surface area contributed by atoms with Crippen LogP contribution in [0, 0.1) is 0 Å². The number of furan rings is 1. The topological polar surface area (TPSA) is 16.4 Å². The molecule has 0 radical (unpaired) electrons. The van der Waals surface area contributed by atoms with Crippen LogP contribution in [0.4, 0.5) is 17.1 Å². The second-order valence-corrected chi connectivity index (χ2v) is 20.3. The Balaban J connectivity index is 0.910. The Bertz CT molecular complexity index is 4210. The van der Waals surface area contributed by atoms with Crippen molar-refractivity contribution in [3.8, 4) is 44.5 Å². The maximum absolute atomic E-state index is 6.50. The third-order valence-electron chi connectivity index (χ3n) is 15.9. The quantitative estimate of drug-likeness (QED) is 0.121. The van der Waals surface area contributed by atoms with Gasteiger partial charge in [-0.1, -0.05) is 249 Å². The number of fused-ring (bicyclic) bond motifs is 6. The van der Waals surface area contributed by atoms with E-state index in [1.165, 1.54) is 66.8 Å². The predicted molar refractivity (Wildman–Crippen MR) is 321 cm³/mol. The Morgan fingerprint density at radius 3 is 1.49 bits per heavy atom. The average molecular weight is 984 g/mol. The van der Waals surface area contributed by atoms with Gasteiger partial charge in [0.25, 0.3) is 0 Å². The number of hydrogen-bond acceptors (Lipinski definition) is 2. The number of rotatable bonds is 12. The van der Waals surface area contributed by atoms with Crippen LogP contribution in [0.1, 0.15) is 44.5 Å². The van der Waals surface area contributed by atoms with Crippen molar-refractivity contribution in [1.82, 2.24) is 0 Å². The Hall–Kier alpha value is -9.76. The van der Waals surface area contributed by atoms with Crippen molar-refractivity contribution in [2.24, 2.45) is 0 Å². The van der Waals surface area contributed by atoms with E-state index in [4.69, 9.17) is 4.42 Å². The summed E-state index contributed by atoms with van der Waals surface area (Å²) in [5.74, 6) is 0. The van der Waals surface area contributed by atoms with Gasteiger partial charge in [-0.3, -0.25) is 0 Å². The van der Waals surface area contributed by atoms with E-state index in [0.717, 1.165) is 74.1 Å². The van der Waals surface area contributed by atoms with E-state index in [2.05, 4.69) is 296 Å². The van der Waals surface area contributed by atoms with Crippen molar-refractivity contribution in [3.05, 3.63) is 342 Å². The normalized spacial score (nSPS) is 12.4. The molecule has 0 atom stereocenters. The van der Waals surface area contributed by atoms with Gasteiger partial charge in [-0.25, -0.2) is 0 Å². The van der Waals surface area contributed by atoms with E-state index in [1.807, 2.05) is 6.07 Å². The fraction of sp³-hybridized carbons (Fsp3) is 0.0400. The number of benzene rings is 12. The highest BCUT2D eigenvalue weighted by molar-refractivity contribution is 6.09. The van der Waals surface area contributed by atoms with Crippen LogP contribution in [-0.2, 0) is 18.3 Å². The van der Waals surface area contributed by atoms with Crippen LogP contribution in [0.15, 0.2) is 302 Å². The summed E-state index contributed by atoms with van der Waals surface area (Å²) in [5, 5.41) is 2.26. The zero-order chi connectivity index (χ0) is 51.1. The monoisotopic (exact) mass is 983 g/mol. The summed E-state index contributed by atoms with van der Waals surface area (Å²) in [6, 6.07) is 109. The zero-order valence-electron chi connectivity index (χ0n) is 42.6. The number of hydrogen-bond donors (Lipinski definition) is 0. The summed E-state index contributed by atoms with van der Waals surface area (Å²) < 4.78 is 6.50. The van der Waals surface area contributed by atoms with Gasteiger partial charge in [0.1, 0.15) is 11.2 Å². The molecule has 0 amide bonds. The fourth-order valence-electron chi connectivity index (χ4n) is 12.4. The van der Waals surface area contributed by atoms with E-state index in [9.17, 15) is 0 Å². The lowest BCUT2D eigenvalue weighted by atomic mass is 9.68. The summed E-state index contributed by atoms with van der Waals surface area (Å²) in [4.78, 5) is 2.44. The van der Waals surface area contributed by atoms with Crippen LogP contribution in [-0.4, -0.2) is 0 Å². The van der Waals surface area contributed by atoms with Gasteiger partial charge in [-0.05, 0) is 145 Å². The van der Waals surface area contributed by atoms with Gasteiger partial charge >= 0.3 is 0 Å². The molecule has 0 fully saturated rings. The van der Waals surface area contributed by atoms with Crippen LogP contribution in [0.25, 0.3) is 66.4 Å². The standard InChI is InChI=1S/C75H53NO/c1-4-20-52(21-5-1)48-56-24-10-11-29-64(56)65-47-46-63(51-58(65)49-53-22-6-2-7-23-53)76(61-42-38-54(39-43-61)55-25-18-26-57(50-55)66-33-19-34-70-69-32-14-17-37-73(69)77-74(66)70)62-44-40-60(41-45-62)75(59-27-8-3-9-28-59)71-35-15-12-30-67(71)68-31-13-16-36-72(68)75/h1-47,50-51H,48-49H2. The molecule has 0 saturated carbocycles. The van der Waals surface area contributed by atoms with Crippen molar-refractivity contribution in [2.45, 2.75) is 18.3 Å². The summed E-state index contributed by atoms with van der Waals surface area (Å²) in [7, 11) is 0. The SMILES string of the molecule is c1ccc(Cc2ccccc2-c2ccc(N(c3ccc(-c4cccc(-c5cccc6c5oc5ccccc56)c4)cc3)c3ccc(C4(c5ccccc5)c5ccccc5-c5ccccc54)cc3)cc2Cc2ccccc2)cc1. The van der Waals surface area contributed by atoms with E-state index in [-0.39, 0.29) is 0 Å². The molecule has 0 unspecified atom stereocenters. The van der Waals surface area contributed by atoms with Crippen molar-refractivity contribution < 1.29 is 4.42 Å². The van der Waals surface area contributed by atoms with Gasteiger partial charge in [0, 0.05) is 33.4 Å². The summed E-state index contributed by atoms with van der Waals surface area (Å²) in [5.41, 5.74) is 24.4. The molecule has 364 valence electrons. The Morgan fingerprint density at radius 2 is 0.792 bits per heavy atom. The number of anilines is 3. The Morgan fingerprint density at radius 1 is 0.299 bits per heavy atom. The Labute approximate surface area is 450 Å². The van der Waals surface area contributed by atoms with E-state index >= 15 is 0 Å². The molecule has 13 aromatic rings. The highest BCUT2D eigenvalue weighted by Gasteiger charge is 2.45. The van der Waals surface area contributed by atoms with Gasteiger partial charge in [0.05, 0.1) is 5.41 Å². The predicted octanol–water partition coefficient (Wildman–Crippen LogP) is 19.6. The van der Waals surface area contributed by atoms with Crippen molar-refractivity contribution in [1.29, 1.82) is 0 Å². The summed E-state index contributed by atoms with van der Waals surface area (Å²) in [6.07, 6.45) is 1.64. The molecular weight excluding hydrogens is 931 g/mol. The lowest BCUT2D eigenvalue weighted by Crippen LogP contribution is -2.28. The highest BCUT2D eigenvalue weighted by Crippen LogP contribution is 2.56. The lowest BCUT2D eigenvalue weighted by molar-refractivity contribution is 0.670. The maximum Gasteiger partial charge on any atom is 0.143 e. The van der Waals surface area contributed by atoms with Crippen molar-refractivity contribution in [2.75, 3.05) is 4.90 Å². The molecule has 1 aromatic heterocycles. The third-order valence-corrected chi connectivity index (χ3v) is 15.9. The van der Waals surface area contributed by atoms with Crippen LogP contribution in [0.2, 0.25) is 0 Å². The molecule has 0 aliphatic heterocycles. The molecule has 1 aliphatic carbocycles. The minimum Gasteiger partial charge on any atom is -0.455 e. The van der Waals surface area contributed by atoms with E-state index < -0.39 is 5.41 Å². The molecule has 1 heterocycles. The van der Waals surface area contributed by atoms with Gasteiger partial charge in [-0.2, -0.15) is 0 Å². The Kier molecular flexibility index (Phi) is 11.6. The van der Waals surface area contributed by atoms with Gasteiger partial charge in [0.2, 0.25) is 0 Å². The number of nitrogens with zero attached hydrogens (tertiary/aromatic N) is 1. The van der Waals surface area contributed by atoms with Crippen LogP contribution < -0.4 is 4.90 Å². The van der Waals surface area contributed by atoms with Crippen LogP contribution in [0.3, 0.4) is 0 Å². The molecule has 2 heteroatoms. The second kappa shape index (κ2) is 19.5. The second-order valence-electron chi connectivity index (χ2n) is 20.3. The van der Waals surface area contributed by atoms with Crippen LogP contribution in [0.5, 0.6) is 0 Å². The smallest absolute Gasteiger partial charge is 0.143 e. The van der Waals surface area contributed by atoms with Gasteiger partial charge in [0.15, 0.2) is 0 Å². The molecule has 14 rings (SSSR count). The highest BCUT2D eigenvalue weighted by atomic mass is 16.3. The van der Waals surface area contributed by atoms with Gasteiger partial charge in [-0.15, -0.1) is 0 Å². The zero-order valence-corrected chi connectivity index (χ0v) is 42.6. The average Bonchev–Trinajstić information content (AvgIpc) is 4.04. The van der Waals surface area contributed by atoms with Crippen molar-refractivity contribution in [3.63, 3.8) is 0 Å². The molecule has 2 nitrogen and oxygen atoms in total. The van der Waals surface area contributed by atoms with E-state index in [0.29, 0.717) is 0 Å². The molecule has 0 spiro atoms. The van der Waals surface area contributed by atoms with Gasteiger partial charge < -0.3 is 9.32 Å². The molecule has 12 aromatic carbocycles. The molecule has 0 bridgehead atoms. The minimum atomic E-state index is -0.498. The third kappa shape index (κ3) is 8.14. The van der Waals surface area contributed by atoms with E-state index in [1.54, 1.807) is 0 Å². The summed E-state index contributed by atoms with van der Waals surface area (Å²) in [6.45, 7) is 0. The summed E-state index contributed by atoms with van der Waals surface area (Å²) >= 11 is 0. The number of para-hydroxylation sites is 2. The molecule has 0 saturated heterocycles. The lowest BCUT2D eigenvalue weighted by Gasteiger charge is -2.34. The maximum atomic E-state index is 6.50. The fourth-order valence-corrected chi connectivity index (χ4v) is 12.4. The molecule has 1 aliphatic rings. The minimum absolute atomic E-state index is 0.498. The van der Waals surface area contributed by atoms with Crippen LogP contribution >= 0.6 is 0 Å².